The summed E-state index contributed by atoms with van der Waals surface area (Å²) >= 11 is 13.2. The Balaban J connectivity index is 1.61. The van der Waals surface area contributed by atoms with Crippen LogP contribution in [0.1, 0.15) is 25.2 Å². The van der Waals surface area contributed by atoms with E-state index in [-0.39, 0.29) is 18.3 Å². The third-order valence-corrected chi connectivity index (χ3v) is 6.11. The van der Waals surface area contributed by atoms with Crippen LogP contribution < -0.4 is 14.8 Å². The molecule has 0 fully saturated rings. The molecule has 0 aliphatic rings. The molecule has 0 saturated heterocycles. The molecular formula is C22H24Cl2N4O3S. The van der Waals surface area contributed by atoms with Gasteiger partial charge in [0.1, 0.15) is 6.61 Å². The van der Waals surface area contributed by atoms with Crippen molar-refractivity contribution in [2.24, 2.45) is 0 Å². The van der Waals surface area contributed by atoms with Gasteiger partial charge in [-0.1, -0.05) is 41.0 Å². The zero-order chi connectivity index (χ0) is 23.1. The summed E-state index contributed by atoms with van der Waals surface area (Å²) in [5.41, 5.74) is 1.68. The number of halogens is 2. The Morgan fingerprint density at radius 3 is 2.59 bits per heavy atom. The maximum atomic E-state index is 12.3. The number of nitrogens with zero attached hydrogens (tertiary/aromatic N) is 3. The summed E-state index contributed by atoms with van der Waals surface area (Å²) in [7, 11) is 0. The minimum Gasteiger partial charge on any atom is -0.490 e. The first kappa shape index (κ1) is 24.2. The molecule has 0 atom stereocenters. The van der Waals surface area contributed by atoms with Gasteiger partial charge in [0.05, 0.1) is 22.4 Å². The molecule has 2 aromatic carbocycles. The molecule has 7 nitrogen and oxygen atoms in total. The van der Waals surface area contributed by atoms with Gasteiger partial charge in [0, 0.05) is 12.2 Å². The number of anilines is 1. The number of hydrogen-bond acceptors (Lipinski definition) is 6. The van der Waals surface area contributed by atoms with Crippen LogP contribution in [0, 0.1) is 6.92 Å². The van der Waals surface area contributed by atoms with Crippen molar-refractivity contribution in [2.45, 2.75) is 39.1 Å². The molecule has 0 aliphatic carbocycles. The number of hydrogen-bond donors (Lipinski definition) is 1. The molecule has 1 N–H and O–H groups in total. The quantitative estimate of drug-likeness (QED) is 0.368. The van der Waals surface area contributed by atoms with Crippen LogP contribution >= 0.6 is 35.0 Å². The second-order valence-corrected chi connectivity index (χ2v) is 8.54. The summed E-state index contributed by atoms with van der Waals surface area (Å²) in [6.07, 6.45) is 0. The van der Waals surface area contributed by atoms with E-state index in [1.165, 1.54) is 11.8 Å². The maximum Gasteiger partial charge on any atom is 0.234 e. The maximum absolute atomic E-state index is 12.3. The lowest BCUT2D eigenvalue weighted by Gasteiger charge is -2.13. The number of aryl methyl sites for hydroxylation is 1. The van der Waals surface area contributed by atoms with Crippen molar-refractivity contribution in [2.75, 3.05) is 17.7 Å². The predicted octanol–water partition coefficient (Wildman–Crippen LogP) is 5.62. The van der Waals surface area contributed by atoms with Gasteiger partial charge in [-0.25, -0.2) is 0 Å². The molecule has 3 aromatic rings. The molecular weight excluding hydrogens is 471 g/mol. The highest BCUT2D eigenvalue weighted by molar-refractivity contribution is 7.99. The van der Waals surface area contributed by atoms with Gasteiger partial charge in [-0.3, -0.25) is 4.79 Å². The van der Waals surface area contributed by atoms with Crippen molar-refractivity contribution in [3.8, 4) is 11.5 Å². The van der Waals surface area contributed by atoms with Gasteiger partial charge in [-0.15, -0.1) is 10.2 Å². The third-order valence-electron chi connectivity index (χ3n) is 4.40. The number of rotatable bonds is 10. The molecule has 1 amide bonds. The summed E-state index contributed by atoms with van der Waals surface area (Å²) in [6, 6.07) is 10.7. The summed E-state index contributed by atoms with van der Waals surface area (Å²) in [4.78, 5) is 12.3. The minimum atomic E-state index is -0.183. The number of ether oxygens (including phenoxy) is 2. The fourth-order valence-corrected chi connectivity index (χ4v) is 4.02. The van der Waals surface area contributed by atoms with E-state index in [4.69, 9.17) is 32.7 Å². The van der Waals surface area contributed by atoms with E-state index in [1.54, 1.807) is 18.2 Å². The lowest BCUT2D eigenvalue weighted by molar-refractivity contribution is -0.113. The topological polar surface area (TPSA) is 78.3 Å². The van der Waals surface area contributed by atoms with Crippen molar-refractivity contribution in [3.05, 3.63) is 57.8 Å². The molecule has 1 heterocycles. The van der Waals surface area contributed by atoms with Gasteiger partial charge >= 0.3 is 0 Å². The van der Waals surface area contributed by atoms with Gasteiger partial charge in [0.2, 0.25) is 5.91 Å². The Labute approximate surface area is 201 Å². The first-order chi connectivity index (χ1) is 15.4. The van der Waals surface area contributed by atoms with Crippen molar-refractivity contribution >= 4 is 46.6 Å². The zero-order valence-electron chi connectivity index (χ0n) is 18.0. The van der Waals surface area contributed by atoms with Crippen LogP contribution in [0.3, 0.4) is 0 Å². The van der Waals surface area contributed by atoms with Crippen LogP contribution in [0.15, 0.2) is 41.6 Å². The number of aromatic nitrogens is 3. The molecule has 10 heteroatoms. The molecule has 1 aromatic heterocycles. The lowest BCUT2D eigenvalue weighted by Crippen LogP contribution is -2.15. The molecule has 3 rings (SSSR count). The van der Waals surface area contributed by atoms with E-state index in [2.05, 4.69) is 15.5 Å². The van der Waals surface area contributed by atoms with Crippen molar-refractivity contribution in [1.29, 1.82) is 0 Å². The van der Waals surface area contributed by atoms with Crippen LogP contribution in [-0.2, 0) is 17.9 Å². The molecule has 0 saturated carbocycles. The van der Waals surface area contributed by atoms with E-state index in [0.717, 1.165) is 5.56 Å². The van der Waals surface area contributed by atoms with Gasteiger partial charge in [-0.05, 0) is 56.7 Å². The highest BCUT2D eigenvalue weighted by Crippen LogP contribution is 2.29. The highest BCUT2D eigenvalue weighted by atomic mass is 35.5. The molecule has 0 aliphatic heterocycles. The Morgan fingerprint density at radius 2 is 1.88 bits per heavy atom. The molecule has 32 heavy (non-hydrogen) atoms. The number of amides is 1. The summed E-state index contributed by atoms with van der Waals surface area (Å²) < 4.78 is 13.5. The molecule has 0 bridgehead atoms. The SMILES string of the molecule is CCOc1cc(C)ccc1OCc1nnc(SCC(=O)Nc2ccc(Cl)c(Cl)c2)n1CC. The molecule has 170 valence electrons. The molecule has 0 unspecified atom stereocenters. The lowest BCUT2D eigenvalue weighted by atomic mass is 10.2. The number of nitrogens with one attached hydrogen (secondary N) is 1. The standard InChI is InChI=1S/C22H24Cl2N4O3S/c1-4-28-20(12-31-18-9-6-14(3)10-19(18)30-5-2)26-27-22(28)32-13-21(29)25-15-7-8-16(23)17(24)11-15/h6-11H,4-5,12-13H2,1-3H3,(H,25,29). The Morgan fingerprint density at radius 1 is 1.06 bits per heavy atom. The summed E-state index contributed by atoms with van der Waals surface area (Å²) in [5.74, 6) is 2.01. The number of carbonyl (C=O) groups is 1. The van der Waals surface area contributed by atoms with Crippen LogP contribution in [0.25, 0.3) is 0 Å². The van der Waals surface area contributed by atoms with Crippen molar-refractivity contribution in [1.82, 2.24) is 14.8 Å². The van der Waals surface area contributed by atoms with Crippen LogP contribution in [-0.4, -0.2) is 33.0 Å². The monoisotopic (exact) mass is 494 g/mol. The van der Waals surface area contributed by atoms with E-state index in [9.17, 15) is 4.79 Å². The van der Waals surface area contributed by atoms with Gasteiger partial charge in [0.15, 0.2) is 22.5 Å². The smallest absolute Gasteiger partial charge is 0.234 e. The average molecular weight is 495 g/mol. The van der Waals surface area contributed by atoms with E-state index < -0.39 is 0 Å². The zero-order valence-corrected chi connectivity index (χ0v) is 20.4. The Kier molecular flexibility index (Phi) is 8.67. The van der Waals surface area contributed by atoms with Gasteiger partial charge in [-0.2, -0.15) is 0 Å². The minimum absolute atomic E-state index is 0.172. The number of thioether (sulfide) groups is 1. The van der Waals surface area contributed by atoms with Crippen molar-refractivity contribution < 1.29 is 14.3 Å². The van der Waals surface area contributed by atoms with Gasteiger partial charge < -0.3 is 19.4 Å². The average Bonchev–Trinajstić information content (AvgIpc) is 3.16. The first-order valence-electron chi connectivity index (χ1n) is 10.1. The largest absolute Gasteiger partial charge is 0.490 e. The Bertz CT molecular complexity index is 1090. The van der Waals surface area contributed by atoms with Crippen LogP contribution in [0.4, 0.5) is 5.69 Å². The number of carbonyl (C=O) groups excluding carboxylic acids is 1. The van der Waals surface area contributed by atoms with Crippen LogP contribution in [0.5, 0.6) is 11.5 Å². The highest BCUT2D eigenvalue weighted by Gasteiger charge is 2.15. The molecule has 0 spiro atoms. The fraction of sp³-hybridized carbons (Fsp3) is 0.318. The van der Waals surface area contributed by atoms with Crippen LogP contribution in [0.2, 0.25) is 10.0 Å². The summed E-state index contributed by atoms with van der Waals surface area (Å²) in [5, 5.41) is 12.7. The number of benzene rings is 2. The molecule has 0 radical (unpaired) electrons. The second kappa shape index (κ2) is 11.4. The van der Waals surface area contributed by atoms with Crippen molar-refractivity contribution in [3.63, 3.8) is 0 Å². The fourth-order valence-electron chi connectivity index (χ4n) is 2.90. The summed E-state index contributed by atoms with van der Waals surface area (Å²) in [6.45, 7) is 7.36. The van der Waals surface area contributed by atoms with E-state index in [1.807, 2.05) is 43.5 Å². The van der Waals surface area contributed by atoms with E-state index >= 15 is 0 Å². The van der Waals surface area contributed by atoms with Gasteiger partial charge in [0.25, 0.3) is 0 Å². The second-order valence-electron chi connectivity index (χ2n) is 6.78. The Hall–Kier alpha value is -2.42. The van der Waals surface area contributed by atoms with E-state index in [0.29, 0.717) is 51.4 Å². The first-order valence-corrected chi connectivity index (χ1v) is 11.8. The predicted molar refractivity (Wildman–Crippen MR) is 128 cm³/mol. The normalized spacial score (nSPS) is 10.8. The third kappa shape index (κ3) is 6.31.